The number of allylic oxidation sites excluding steroid dienone is 1. The molecule has 2 amide bonds. The second-order valence-electron chi connectivity index (χ2n) is 23.7. The van der Waals surface area contributed by atoms with E-state index in [4.69, 9.17) is 19.7 Å². The fraction of sp³-hybridized carbons (Fsp3) is 0.889. The molecule has 0 radical (unpaired) electrons. The van der Waals surface area contributed by atoms with Gasteiger partial charge in [-0.3, -0.25) is 28.8 Å². The Morgan fingerprint density at radius 3 is 1.02 bits per heavy atom. The SMILES string of the molecule is CCCCC(=O)CCCCCNC(=O)CCCCCCCCCCSCCOC.CCCCCCCCSCCOC(=O)C/C=C/CC(C)=O.O=C(CCCCCCCCCCSCCO)CCCCCNC(=O)CCCCCCCCCCSCCO. The molecule has 0 aliphatic carbocycles. The number of aliphatic hydroxyl groups is 2. The van der Waals surface area contributed by atoms with E-state index in [1.54, 1.807) is 19.3 Å². The molecule has 0 atom stereocenters. The van der Waals surface area contributed by atoms with Crippen LogP contribution in [0, 0.1) is 0 Å². The first kappa shape index (κ1) is 90.6. The van der Waals surface area contributed by atoms with Gasteiger partial charge in [-0.05, 0) is 107 Å². The van der Waals surface area contributed by atoms with Crippen LogP contribution < -0.4 is 10.6 Å². The quantitative estimate of drug-likeness (QED) is 0.0256. The summed E-state index contributed by atoms with van der Waals surface area (Å²) in [4.78, 5) is 69.5. The molecule has 520 valence electrons. The molecule has 0 unspecified atom stereocenters. The zero-order chi connectivity index (χ0) is 65.0. The van der Waals surface area contributed by atoms with E-state index in [1.807, 2.05) is 47.0 Å². The molecule has 0 saturated heterocycles. The number of ketones is 3. The van der Waals surface area contributed by atoms with Gasteiger partial charge in [0.05, 0.1) is 26.2 Å². The van der Waals surface area contributed by atoms with Crippen molar-refractivity contribution in [3.8, 4) is 0 Å². The van der Waals surface area contributed by atoms with Gasteiger partial charge in [-0.1, -0.05) is 193 Å². The summed E-state index contributed by atoms with van der Waals surface area (Å²) in [6, 6.07) is 0. The van der Waals surface area contributed by atoms with E-state index >= 15 is 0 Å². The molecule has 0 spiro atoms. The van der Waals surface area contributed by atoms with Crippen molar-refractivity contribution in [3.05, 3.63) is 12.2 Å². The first-order valence-electron chi connectivity index (χ1n) is 36.0. The standard InChI is InChI=1S/C31H61NO4S2.C24H47NO3S.C17H30O3S/c33-24-28-37-26-18-11-7-3-1-5-9-14-20-30(35)21-15-13-17-23-32-31(36)22-16-10-6-2-4-8-12-19-27-38-29-25-34;1-3-4-16-23(26)17-12-11-14-19-25-24(27)18-13-9-7-5-6-8-10-15-21-29-22-20-28-2;1-3-4-5-6-7-10-14-21-15-13-20-17(19)12-9-8-11-16(2)18/h33-34H,1-29H2,(H,32,36);3-22H2,1-2H3,(H,25,27);8-9H,3-7,10-15H2,1-2H3/b;;9-8+. The number of Topliss-reactive ketones (excluding diaryl/α,β-unsaturated/α-hetero) is 3. The summed E-state index contributed by atoms with van der Waals surface area (Å²) < 4.78 is 10.2. The number of carbonyl (C=O) groups is 6. The number of hydrogen-bond donors (Lipinski definition) is 4. The molecule has 0 aromatic heterocycles. The van der Waals surface area contributed by atoms with Crippen LogP contribution in [-0.2, 0) is 38.2 Å². The molecule has 0 heterocycles. The lowest BCUT2D eigenvalue weighted by molar-refractivity contribution is -0.142. The maximum absolute atomic E-state index is 12.1. The Bertz CT molecular complexity index is 1480. The number of aliphatic hydroxyl groups excluding tert-OH is 2. The Balaban J connectivity index is -0.00000129. The van der Waals surface area contributed by atoms with Crippen molar-refractivity contribution in [1.29, 1.82) is 0 Å². The number of methoxy groups -OCH3 is 1. The van der Waals surface area contributed by atoms with E-state index < -0.39 is 0 Å². The minimum Gasteiger partial charge on any atom is -0.465 e. The van der Waals surface area contributed by atoms with Gasteiger partial charge in [0.1, 0.15) is 24.0 Å². The fourth-order valence-electron chi connectivity index (χ4n) is 9.56. The van der Waals surface area contributed by atoms with Gasteiger partial charge in [-0.2, -0.15) is 47.0 Å². The van der Waals surface area contributed by atoms with Gasteiger partial charge < -0.3 is 30.3 Å². The van der Waals surface area contributed by atoms with Gasteiger partial charge in [-0.25, -0.2) is 0 Å². The highest BCUT2D eigenvalue weighted by Gasteiger charge is 2.07. The monoisotopic (exact) mass is 1320 g/mol. The predicted molar refractivity (Wildman–Crippen MR) is 386 cm³/mol. The second kappa shape index (κ2) is 81.5. The molecule has 0 aliphatic heterocycles. The summed E-state index contributed by atoms with van der Waals surface area (Å²) in [6.45, 7) is 9.31. The highest BCUT2D eigenvalue weighted by Crippen LogP contribution is 2.16. The number of unbranched alkanes of at least 4 members (excludes halogenated alkanes) is 31. The normalized spacial score (nSPS) is 11.1. The highest BCUT2D eigenvalue weighted by atomic mass is 32.2. The number of rotatable bonds is 69. The van der Waals surface area contributed by atoms with Crippen molar-refractivity contribution in [3.63, 3.8) is 0 Å². The zero-order valence-electron chi connectivity index (χ0n) is 57.4. The average molecular weight is 1320 g/mol. The number of hydrogen-bond acceptors (Lipinski definition) is 14. The van der Waals surface area contributed by atoms with Crippen molar-refractivity contribution in [2.45, 2.75) is 316 Å². The van der Waals surface area contributed by atoms with Crippen LogP contribution in [0.15, 0.2) is 12.2 Å². The van der Waals surface area contributed by atoms with Crippen LogP contribution in [0.25, 0.3) is 0 Å². The predicted octanol–water partition coefficient (Wildman–Crippen LogP) is 18.6. The summed E-state index contributed by atoms with van der Waals surface area (Å²) in [5.41, 5.74) is 0. The van der Waals surface area contributed by atoms with Crippen LogP contribution in [0.3, 0.4) is 0 Å². The summed E-state index contributed by atoms with van der Waals surface area (Å²) >= 11 is 7.53. The summed E-state index contributed by atoms with van der Waals surface area (Å²) in [5.74, 6) is 9.54. The van der Waals surface area contributed by atoms with Gasteiger partial charge >= 0.3 is 5.97 Å². The summed E-state index contributed by atoms with van der Waals surface area (Å²) in [5, 5.41) is 23.5. The van der Waals surface area contributed by atoms with Gasteiger partial charge in [0.15, 0.2) is 0 Å². The maximum Gasteiger partial charge on any atom is 0.309 e. The molecule has 88 heavy (non-hydrogen) atoms. The molecule has 4 N–H and O–H groups in total. The number of nitrogens with one attached hydrogen (secondary N) is 2. The molecule has 0 aromatic rings. The number of esters is 1. The van der Waals surface area contributed by atoms with Gasteiger partial charge in [-0.15, -0.1) is 0 Å². The minimum absolute atomic E-state index is 0.103. The van der Waals surface area contributed by atoms with E-state index in [0.29, 0.717) is 63.5 Å². The summed E-state index contributed by atoms with van der Waals surface area (Å²) in [7, 11) is 1.76. The van der Waals surface area contributed by atoms with Crippen LogP contribution >= 0.6 is 47.0 Å². The maximum atomic E-state index is 12.1. The number of amides is 2. The van der Waals surface area contributed by atoms with Crippen molar-refractivity contribution in [2.24, 2.45) is 0 Å². The highest BCUT2D eigenvalue weighted by molar-refractivity contribution is 7.99. The topological polar surface area (TPSA) is 185 Å². The number of thioether (sulfide) groups is 4. The molecular weight excluding hydrogens is 1180 g/mol. The molecule has 0 saturated carbocycles. The Labute approximate surface area is 558 Å². The third kappa shape index (κ3) is 86.5. The average Bonchev–Trinajstić information content (AvgIpc) is 3.52. The molecule has 0 aromatic carbocycles. The van der Waals surface area contributed by atoms with Crippen molar-refractivity contribution in [1.82, 2.24) is 10.6 Å². The zero-order valence-corrected chi connectivity index (χ0v) is 60.6. The second-order valence-corrected chi connectivity index (χ2v) is 28.6. The lowest BCUT2D eigenvalue weighted by atomic mass is 10.0. The number of ether oxygens (including phenoxy) is 2. The van der Waals surface area contributed by atoms with E-state index in [9.17, 15) is 28.8 Å². The lowest BCUT2D eigenvalue weighted by Crippen LogP contribution is -2.24. The summed E-state index contributed by atoms with van der Waals surface area (Å²) in [6.07, 6.45) is 54.0. The van der Waals surface area contributed by atoms with E-state index in [0.717, 1.165) is 138 Å². The minimum atomic E-state index is -0.213. The van der Waals surface area contributed by atoms with E-state index in [2.05, 4.69) is 24.5 Å². The van der Waals surface area contributed by atoms with Crippen molar-refractivity contribution < 1.29 is 48.5 Å². The Morgan fingerprint density at radius 2 is 0.659 bits per heavy atom. The Hall–Kier alpha value is -1.56. The Morgan fingerprint density at radius 1 is 0.352 bits per heavy atom. The van der Waals surface area contributed by atoms with Crippen LogP contribution in [0.1, 0.15) is 316 Å². The molecule has 0 fully saturated rings. The molecule has 0 bridgehead atoms. The van der Waals surface area contributed by atoms with Crippen molar-refractivity contribution >= 4 is 82.2 Å². The third-order valence-electron chi connectivity index (χ3n) is 15.0. The van der Waals surface area contributed by atoms with Crippen molar-refractivity contribution in [2.75, 3.05) is 92.6 Å². The largest absolute Gasteiger partial charge is 0.465 e. The molecule has 0 aliphatic rings. The van der Waals surface area contributed by atoms with Gasteiger partial charge in [0.25, 0.3) is 0 Å². The molecule has 0 rings (SSSR count). The first-order chi connectivity index (χ1) is 43.1. The van der Waals surface area contributed by atoms with Crippen LogP contribution in [-0.4, -0.2) is 138 Å². The Kier molecular flexibility index (Phi) is 84.0. The lowest BCUT2D eigenvalue weighted by Gasteiger charge is -2.06. The van der Waals surface area contributed by atoms with Crippen LogP contribution in [0.4, 0.5) is 0 Å². The first-order valence-corrected chi connectivity index (χ1v) is 40.6. The smallest absolute Gasteiger partial charge is 0.309 e. The van der Waals surface area contributed by atoms with Crippen LogP contribution in [0.5, 0.6) is 0 Å². The fourth-order valence-corrected chi connectivity index (χ4v) is 12.8. The molecule has 12 nitrogen and oxygen atoms in total. The van der Waals surface area contributed by atoms with E-state index in [1.165, 1.54) is 191 Å². The van der Waals surface area contributed by atoms with Gasteiger partial charge in [0.2, 0.25) is 11.8 Å². The van der Waals surface area contributed by atoms with Crippen LogP contribution in [0.2, 0.25) is 0 Å². The van der Waals surface area contributed by atoms with E-state index in [-0.39, 0.29) is 30.0 Å². The molecule has 16 heteroatoms. The van der Waals surface area contributed by atoms with Gasteiger partial charge in [0, 0.05) is 88.2 Å². The number of carbonyl (C=O) groups excluding carboxylic acids is 6. The third-order valence-corrected chi connectivity index (χ3v) is 19.2. The molecular formula is C72H138N2O10S4.